The van der Waals surface area contributed by atoms with Crippen LogP contribution in [0.15, 0.2) is 24.3 Å². The van der Waals surface area contributed by atoms with Gasteiger partial charge in [0.15, 0.2) is 0 Å². The van der Waals surface area contributed by atoms with E-state index in [1.165, 1.54) is 0 Å². The summed E-state index contributed by atoms with van der Waals surface area (Å²) < 4.78 is 29.4. The molecule has 0 aliphatic carbocycles. The van der Waals surface area contributed by atoms with Crippen LogP contribution in [0.5, 0.6) is 0 Å². The third kappa shape index (κ3) is 4.61. The highest BCUT2D eigenvalue weighted by atomic mass is 35.5. The summed E-state index contributed by atoms with van der Waals surface area (Å²) in [6.45, 7) is 0. The maximum absolute atomic E-state index is 10.5. The Hall–Kier alpha value is -0.620. The fourth-order valence-electron chi connectivity index (χ4n) is 1.14. The van der Waals surface area contributed by atoms with Crippen LogP contribution in [0.1, 0.15) is 18.1 Å². The van der Waals surface area contributed by atoms with E-state index in [1.54, 1.807) is 24.3 Å². The number of aliphatic hydroxyl groups is 1. The van der Waals surface area contributed by atoms with Gasteiger partial charge in [0.2, 0.25) is 0 Å². The lowest BCUT2D eigenvalue weighted by Gasteiger charge is -2.09. The Balaban J connectivity index is 2.65. The molecular formula is C9H11ClO4S. The van der Waals surface area contributed by atoms with Gasteiger partial charge in [-0.05, 0) is 24.1 Å². The summed E-state index contributed by atoms with van der Waals surface area (Å²) in [5.74, 6) is -0.472. The van der Waals surface area contributed by atoms with Crippen LogP contribution in [0.2, 0.25) is 5.02 Å². The van der Waals surface area contributed by atoms with Crippen molar-refractivity contribution in [2.24, 2.45) is 0 Å². The van der Waals surface area contributed by atoms with Crippen LogP contribution in [-0.2, 0) is 10.1 Å². The first-order valence-electron chi connectivity index (χ1n) is 4.27. The minimum absolute atomic E-state index is 0.0564. The van der Waals surface area contributed by atoms with Gasteiger partial charge in [-0.15, -0.1) is 0 Å². The SMILES string of the molecule is O=S(=O)(O)CCC(O)c1cccc(Cl)c1. The van der Waals surface area contributed by atoms with Gasteiger partial charge in [-0.3, -0.25) is 4.55 Å². The van der Waals surface area contributed by atoms with E-state index < -0.39 is 22.0 Å². The zero-order chi connectivity index (χ0) is 11.5. The highest BCUT2D eigenvalue weighted by Gasteiger charge is 2.12. The fraction of sp³-hybridized carbons (Fsp3) is 0.333. The van der Waals surface area contributed by atoms with E-state index in [2.05, 4.69) is 0 Å². The molecule has 1 unspecified atom stereocenters. The molecule has 0 spiro atoms. The molecule has 0 saturated heterocycles. The minimum atomic E-state index is -4.03. The van der Waals surface area contributed by atoms with Gasteiger partial charge in [-0.2, -0.15) is 8.42 Å². The number of aliphatic hydroxyl groups excluding tert-OH is 1. The highest BCUT2D eigenvalue weighted by Crippen LogP contribution is 2.20. The molecule has 2 N–H and O–H groups in total. The van der Waals surface area contributed by atoms with Crippen molar-refractivity contribution in [3.63, 3.8) is 0 Å². The van der Waals surface area contributed by atoms with E-state index in [9.17, 15) is 13.5 Å². The first kappa shape index (κ1) is 12.4. The predicted octanol–water partition coefficient (Wildman–Crippen LogP) is 1.65. The van der Waals surface area contributed by atoms with Crippen molar-refractivity contribution >= 4 is 21.7 Å². The molecule has 4 nitrogen and oxygen atoms in total. The van der Waals surface area contributed by atoms with Gasteiger partial charge in [0.25, 0.3) is 10.1 Å². The summed E-state index contributed by atoms with van der Waals surface area (Å²) in [6.07, 6.45) is -0.996. The van der Waals surface area contributed by atoms with Crippen molar-refractivity contribution < 1.29 is 18.1 Å². The quantitative estimate of drug-likeness (QED) is 0.797. The van der Waals surface area contributed by atoms with Crippen molar-refractivity contribution in [3.8, 4) is 0 Å². The zero-order valence-electron chi connectivity index (χ0n) is 7.80. The number of benzene rings is 1. The summed E-state index contributed by atoms with van der Waals surface area (Å²) in [4.78, 5) is 0. The Morgan fingerprint density at radius 1 is 1.40 bits per heavy atom. The second kappa shape index (κ2) is 4.94. The van der Waals surface area contributed by atoms with Gasteiger partial charge >= 0.3 is 0 Å². The normalized spacial score (nSPS) is 13.8. The van der Waals surface area contributed by atoms with E-state index in [-0.39, 0.29) is 6.42 Å². The molecular weight excluding hydrogens is 240 g/mol. The van der Waals surface area contributed by atoms with Crippen LogP contribution >= 0.6 is 11.6 Å². The molecule has 0 aromatic heterocycles. The van der Waals surface area contributed by atoms with Crippen LogP contribution < -0.4 is 0 Å². The lowest BCUT2D eigenvalue weighted by Crippen LogP contribution is -2.08. The van der Waals surface area contributed by atoms with Crippen LogP contribution in [0, 0.1) is 0 Å². The minimum Gasteiger partial charge on any atom is -0.388 e. The van der Waals surface area contributed by atoms with Gasteiger partial charge in [-0.25, -0.2) is 0 Å². The summed E-state index contributed by atoms with van der Waals surface area (Å²) in [5, 5.41) is 10.0. The van der Waals surface area contributed by atoms with Crippen molar-refractivity contribution in [2.45, 2.75) is 12.5 Å². The molecule has 0 radical (unpaired) electrons. The molecule has 6 heteroatoms. The Morgan fingerprint density at radius 3 is 2.60 bits per heavy atom. The number of halogens is 1. The lowest BCUT2D eigenvalue weighted by atomic mass is 10.1. The molecule has 0 heterocycles. The summed E-state index contributed by atoms with van der Waals surface area (Å²) in [5.41, 5.74) is 0.533. The van der Waals surface area contributed by atoms with E-state index in [4.69, 9.17) is 16.2 Å². The van der Waals surface area contributed by atoms with E-state index in [0.717, 1.165) is 0 Å². The average Bonchev–Trinajstić information content (AvgIpc) is 2.13. The molecule has 0 aliphatic heterocycles. The van der Waals surface area contributed by atoms with Crippen molar-refractivity contribution in [1.29, 1.82) is 0 Å². The molecule has 1 atom stereocenters. The Labute approximate surface area is 93.3 Å². The van der Waals surface area contributed by atoms with Gasteiger partial charge in [0.1, 0.15) is 0 Å². The molecule has 84 valence electrons. The molecule has 0 saturated carbocycles. The fourth-order valence-corrected chi connectivity index (χ4v) is 1.86. The third-order valence-electron chi connectivity index (χ3n) is 1.88. The topological polar surface area (TPSA) is 74.6 Å². The van der Waals surface area contributed by atoms with Gasteiger partial charge in [0.05, 0.1) is 11.9 Å². The summed E-state index contributed by atoms with van der Waals surface area (Å²) in [7, 11) is -4.03. The molecule has 1 aromatic carbocycles. The Kier molecular flexibility index (Phi) is 4.10. The van der Waals surface area contributed by atoms with E-state index in [1.807, 2.05) is 0 Å². The molecule has 1 aromatic rings. The maximum atomic E-state index is 10.5. The van der Waals surface area contributed by atoms with Crippen molar-refractivity contribution in [2.75, 3.05) is 5.75 Å². The van der Waals surface area contributed by atoms with Gasteiger partial charge < -0.3 is 5.11 Å². The predicted molar refractivity (Wildman–Crippen MR) is 57.4 cm³/mol. The monoisotopic (exact) mass is 250 g/mol. The molecule has 0 fully saturated rings. The van der Waals surface area contributed by atoms with Crippen LogP contribution in [0.25, 0.3) is 0 Å². The van der Waals surface area contributed by atoms with Gasteiger partial charge in [0, 0.05) is 5.02 Å². The Bertz CT molecular complexity index is 429. The first-order chi connectivity index (χ1) is 6.88. The second-order valence-electron chi connectivity index (χ2n) is 3.15. The molecule has 0 amide bonds. The number of rotatable bonds is 4. The highest BCUT2D eigenvalue weighted by molar-refractivity contribution is 7.85. The summed E-state index contributed by atoms with van der Waals surface area (Å²) >= 11 is 5.70. The second-order valence-corrected chi connectivity index (χ2v) is 5.15. The maximum Gasteiger partial charge on any atom is 0.264 e. The van der Waals surface area contributed by atoms with E-state index in [0.29, 0.717) is 10.6 Å². The van der Waals surface area contributed by atoms with Crippen LogP contribution in [0.3, 0.4) is 0 Å². The molecule has 15 heavy (non-hydrogen) atoms. The average molecular weight is 251 g/mol. The molecule has 1 rings (SSSR count). The third-order valence-corrected chi connectivity index (χ3v) is 2.87. The zero-order valence-corrected chi connectivity index (χ0v) is 9.37. The summed E-state index contributed by atoms with van der Waals surface area (Å²) in [6, 6.07) is 6.51. The standard InChI is InChI=1S/C9H11ClO4S/c10-8-3-1-2-7(6-8)9(11)4-5-15(12,13)14/h1-3,6,9,11H,4-5H2,(H,12,13,14). The molecule has 0 bridgehead atoms. The number of hydrogen-bond acceptors (Lipinski definition) is 3. The Morgan fingerprint density at radius 2 is 2.07 bits per heavy atom. The number of hydrogen-bond donors (Lipinski definition) is 2. The van der Waals surface area contributed by atoms with Gasteiger partial charge in [-0.1, -0.05) is 23.7 Å². The van der Waals surface area contributed by atoms with Crippen LogP contribution in [-0.4, -0.2) is 23.8 Å². The van der Waals surface area contributed by atoms with Crippen molar-refractivity contribution in [3.05, 3.63) is 34.9 Å². The smallest absolute Gasteiger partial charge is 0.264 e. The largest absolute Gasteiger partial charge is 0.388 e. The lowest BCUT2D eigenvalue weighted by molar-refractivity contribution is 0.173. The van der Waals surface area contributed by atoms with E-state index >= 15 is 0 Å². The first-order valence-corrected chi connectivity index (χ1v) is 6.26. The molecule has 0 aliphatic rings. The van der Waals surface area contributed by atoms with Crippen molar-refractivity contribution in [1.82, 2.24) is 0 Å². The van der Waals surface area contributed by atoms with Crippen LogP contribution in [0.4, 0.5) is 0 Å².